The molecule has 118 valence electrons. The van der Waals surface area contributed by atoms with Gasteiger partial charge >= 0.3 is 0 Å². The molecule has 1 amide bonds. The lowest BCUT2D eigenvalue weighted by molar-refractivity contribution is -0.128. The van der Waals surface area contributed by atoms with Gasteiger partial charge in [0.25, 0.3) is 5.91 Å². The molecule has 22 heavy (non-hydrogen) atoms. The van der Waals surface area contributed by atoms with Crippen molar-refractivity contribution in [1.82, 2.24) is 14.9 Å². The van der Waals surface area contributed by atoms with Crippen LogP contribution in [0.15, 0.2) is 43.0 Å². The van der Waals surface area contributed by atoms with E-state index in [1.165, 1.54) is 0 Å². The molecule has 0 aliphatic carbocycles. The number of ether oxygens (including phenoxy) is 1. The van der Waals surface area contributed by atoms with Gasteiger partial charge in [0.05, 0.1) is 6.33 Å². The van der Waals surface area contributed by atoms with Crippen molar-refractivity contribution in [3.8, 4) is 5.75 Å². The van der Waals surface area contributed by atoms with Crippen molar-refractivity contribution in [3.63, 3.8) is 0 Å². The Morgan fingerprint density at radius 1 is 1.41 bits per heavy atom. The van der Waals surface area contributed by atoms with Gasteiger partial charge in [-0.25, -0.2) is 4.98 Å². The predicted molar refractivity (Wildman–Crippen MR) is 85.7 cm³/mol. The Kier molecular flexibility index (Phi) is 6.01. The van der Waals surface area contributed by atoms with E-state index in [1.807, 2.05) is 48.9 Å². The first kappa shape index (κ1) is 16.1. The monoisotopic (exact) mass is 301 g/mol. The summed E-state index contributed by atoms with van der Waals surface area (Å²) in [4.78, 5) is 16.2. The third-order valence-corrected chi connectivity index (χ3v) is 3.48. The number of carbonyl (C=O) groups is 1. The molecule has 0 unspecified atom stereocenters. The summed E-state index contributed by atoms with van der Waals surface area (Å²) in [7, 11) is 0. The maximum Gasteiger partial charge on any atom is 0.261 e. The van der Waals surface area contributed by atoms with E-state index in [2.05, 4.69) is 10.3 Å². The lowest BCUT2D eigenvalue weighted by Gasteiger charge is -2.18. The second kappa shape index (κ2) is 8.22. The van der Waals surface area contributed by atoms with Crippen LogP contribution in [0.25, 0.3) is 0 Å². The lowest BCUT2D eigenvalue weighted by Crippen LogP contribution is -2.38. The number of nitrogens with one attached hydrogen (secondary N) is 1. The van der Waals surface area contributed by atoms with Gasteiger partial charge in [0.15, 0.2) is 6.10 Å². The molecule has 1 heterocycles. The maximum absolute atomic E-state index is 12.2. The number of hydrogen-bond donors (Lipinski definition) is 1. The van der Waals surface area contributed by atoms with Crippen molar-refractivity contribution in [3.05, 3.63) is 48.5 Å². The molecule has 1 N–H and O–H groups in total. The number of aromatic nitrogens is 2. The first-order valence-corrected chi connectivity index (χ1v) is 7.66. The average molecular weight is 301 g/mol. The summed E-state index contributed by atoms with van der Waals surface area (Å²) >= 11 is 0. The van der Waals surface area contributed by atoms with Gasteiger partial charge in [-0.3, -0.25) is 4.79 Å². The zero-order chi connectivity index (χ0) is 15.8. The first-order chi connectivity index (χ1) is 10.7. The van der Waals surface area contributed by atoms with Gasteiger partial charge in [0.1, 0.15) is 5.75 Å². The van der Waals surface area contributed by atoms with Crippen molar-refractivity contribution >= 4 is 5.91 Å². The number of hydrogen-bond acceptors (Lipinski definition) is 3. The highest BCUT2D eigenvalue weighted by molar-refractivity contribution is 5.81. The smallest absolute Gasteiger partial charge is 0.261 e. The third-order valence-electron chi connectivity index (χ3n) is 3.48. The van der Waals surface area contributed by atoms with Crippen LogP contribution >= 0.6 is 0 Å². The fraction of sp³-hybridized carbons (Fsp3) is 0.412. The highest BCUT2D eigenvalue weighted by Crippen LogP contribution is 2.18. The van der Waals surface area contributed by atoms with E-state index in [9.17, 15) is 4.79 Å². The highest BCUT2D eigenvalue weighted by Gasteiger charge is 2.18. The van der Waals surface area contributed by atoms with Gasteiger partial charge in [-0.1, -0.05) is 25.1 Å². The maximum atomic E-state index is 12.2. The van der Waals surface area contributed by atoms with E-state index < -0.39 is 6.10 Å². The molecule has 5 heteroatoms. The van der Waals surface area contributed by atoms with Crippen LogP contribution in [0, 0.1) is 6.92 Å². The first-order valence-electron chi connectivity index (χ1n) is 7.66. The molecule has 0 aliphatic heterocycles. The molecule has 2 rings (SSSR count). The second-order valence-corrected chi connectivity index (χ2v) is 5.23. The Morgan fingerprint density at radius 2 is 2.23 bits per heavy atom. The molecular weight excluding hydrogens is 278 g/mol. The number of imidazole rings is 1. The molecule has 0 bridgehead atoms. The number of benzene rings is 1. The number of aryl methyl sites for hydroxylation is 2. The summed E-state index contributed by atoms with van der Waals surface area (Å²) in [6.07, 6.45) is 6.50. The minimum atomic E-state index is -0.450. The third kappa shape index (κ3) is 4.62. The number of amides is 1. The fourth-order valence-electron chi connectivity index (χ4n) is 2.17. The van der Waals surface area contributed by atoms with Gasteiger partial charge in [0.2, 0.25) is 0 Å². The van der Waals surface area contributed by atoms with Crippen LogP contribution in [0.1, 0.15) is 25.3 Å². The minimum Gasteiger partial charge on any atom is -0.480 e. The largest absolute Gasteiger partial charge is 0.480 e. The van der Waals surface area contributed by atoms with E-state index in [4.69, 9.17) is 4.74 Å². The van der Waals surface area contributed by atoms with Crippen molar-refractivity contribution in [2.24, 2.45) is 0 Å². The van der Waals surface area contributed by atoms with E-state index in [0.29, 0.717) is 13.0 Å². The molecule has 0 aliphatic rings. The second-order valence-electron chi connectivity index (χ2n) is 5.23. The molecule has 1 aromatic carbocycles. The number of para-hydroxylation sites is 1. The Hall–Kier alpha value is -2.30. The van der Waals surface area contributed by atoms with E-state index >= 15 is 0 Å². The van der Waals surface area contributed by atoms with Crippen molar-refractivity contribution in [2.45, 2.75) is 39.3 Å². The van der Waals surface area contributed by atoms with Crippen LogP contribution in [-0.4, -0.2) is 28.1 Å². The molecule has 0 saturated heterocycles. The van der Waals surface area contributed by atoms with Crippen LogP contribution in [0.5, 0.6) is 5.75 Å². The highest BCUT2D eigenvalue weighted by atomic mass is 16.5. The molecule has 2 aromatic rings. The van der Waals surface area contributed by atoms with Gasteiger partial charge in [-0.15, -0.1) is 0 Å². The van der Waals surface area contributed by atoms with Crippen molar-refractivity contribution < 1.29 is 9.53 Å². The summed E-state index contributed by atoms with van der Waals surface area (Å²) < 4.78 is 7.83. The zero-order valence-corrected chi connectivity index (χ0v) is 13.2. The fourth-order valence-corrected chi connectivity index (χ4v) is 2.17. The molecule has 0 radical (unpaired) electrons. The summed E-state index contributed by atoms with van der Waals surface area (Å²) in [5.74, 6) is 0.708. The molecule has 5 nitrogen and oxygen atoms in total. The van der Waals surface area contributed by atoms with Crippen LogP contribution in [0.3, 0.4) is 0 Å². The lowest BCUT2D eigenvalue weighted by atomic mass is 10.2. The normalized spacial score (nSPS) is 11.9. The molecule has 1 atom stereocenters. The molecule has 0 fully saturated rings. The molecule has 0 spiro atoms. The average Bonchev–Trinajstić information content (AvgIpc) is 3.04. The molecular formula is C17H23N3O2. The molecule has 0 saturated carbocycles. The summed E-state index contributed by atoms with van der Waals surface area (Å²) in [5.41, 5.74) is 1.04. The van der Waals surface area contributed by atoms with Crippen molar-refractivity contribution in [2.75, 3.05) is 6.54 Å². The Labute approximate surface area is 131 Å². The van der Waals surface area contributed by atoms with E-state index in [-0.39, 0.29) is 5.91 Å². The minimum absolute atomic E-state index is 0.0589. The van der Waals surface area contributed by atoms with Crippen LogP contribution in [0.4, 0.5) is 0 Å². The SMILES string of the molecule is CC[C@@H](Oc1ccccc1C)C(=O)NCCCn1ccnc1. The predicted octanol–water partition coefficient (Wildman–Crippen LogP) is 2.56. The van der Waals surface area contributed by atoms with E-state index in [1.54, 1.807) is 12.5 Å². The summed E-state index contributed by atoms with van der Waals surface area (Å²) in [6, 6.07) is 7.74. The van der Waals surface area contributed by atoms with E-state index in [0.717, 1.165) is 24.3 Å². The van der Waals surface area contributed by atoms with Crippen LogP contribution in [-0.2, 0) is 11.3 Å². The van der Waals surface area contributed by atoms with Crippen LogP contribution < -0.4 is 10.1 Å². The Balaban J connectivity index is 1.77. The number of nitrogens with zero attached hydrogens (tertiary/aromatic N) is 2. The number of rotatable bonds is 8. The van der Waals surface area contributed by atoms with Gasteiger partial charge < -0.3 is 14.6 Å². The molecule has 1 aromatic heterocycles. The van der Waals surface area contributed by atoms with Gasteiger partial charge in [-0.05, 0) is 31.4 Å². The quantitative estimate of drug-likeness (QED) is 0.762. The topological polar surface area (TPSA) is 56.1 Å². The van der Waals surface area contributed by atoms with Gasteiger partial charge in [0, 0.05) is 25.5 Å². The summed E-state index contributed by atoms with van der Waals surface area (Å²) in [6.45, 7) is 5.40. The zero-order valence-electron chi connectivity index (χ0n) is 13.2. The Bertz CT molecular complexity index is 581. The number of carbonyl (C=O) groups excluding carboxylic acids is 1. The standard InChI is InChI=1S/C17H23N3O2/c1-3-15(22-16-8-5-4-7-14(16)2)17(21)19-9-6-11-20-12-10-18-13-20/h4-5,7-8,10,12-13,15H,3,6,9,11H2,1-2H3,(H,19,21)/t15-/m1/s1. The summed E-state index contributed by atoms with van der Waals surface area (Å²) in [5, 5.41) is 2.94. The van der Waals surface area contributed by atoms with Crippen LogP contribution in [0.2, 0.25) is 0 Å². The van der Waals surface area contributed by atoms with Gasteiger partial charge in [-0.2, -0.15) is 0 Å². The Morgan fingerprint density at radius 3 is 2.91 bits per heavy atom. The van der Waals surface area contributed by atoms with Crippen molar-refractivity contribution in [1.29, 1.82) is 0 Å².